The minimum atomic E-state index is 0.727. The van der Waals surface area contributed by atoms with Crippen LogP contribution in [-0.4, -0.2) is 17.7 Å². The van der Waals surface area contributed by atoms with Crippen molar-refractivity contribution < 1.29 is 0 Å². The zero-order valence-electron chi connectivity index (χ0n) is 12.5. The molecule has 102 valence electrons. The van der Waals surface area contributed by atoms with Crippen molar-refractivity contribution in [1.29, 1.82) is 0 Å². The number of aromatic nitrogens is 1. The molecule has 1 fully saturated rings. The van der Waals surface area contributed by atoms with E-state index in [1.165, 1.54) is 40.6 Å². The van der Waals surface area contributed by atoms with Gasteiger partial charge in [-0.3, -0.25) is 0 Å². The normalized spacial score (nSPS) is 17.3. The molecule has 0 amide bonds. The maximum atomic E-state index is 3.48. The van der Waals surface area contributed by atoms with Gasteiger partial charge in [-0.15, -0.1) is 0 Å². The first-order valence-corrected chi connectivity index (χ1v) is 7.37. The number of aryl methyl sites for hydroxylation is 3. The number of benzene rings is 1. The van der Waals surface area contributed by atoms with Crippen molar-refractivity contribution in [3.8, 4) is 0 Å². The molecule has 2 heterocycles. The molecule has 2 heteroatoms. The van der Waals surface area contributed by atoms with Crippen LogP contribution in [0, 0.1) is 20.8 Å². The van der Waals surface area contributed by atoms with Crippen LogP contribution in [0.2, 0.25) is 0 Å². The summed E-state index contributed by atoms with van der Waals surface area (Å²) in [6, 6.07) is 4.53. The van der Waals surface area contributed by atoms with E-state index in [0.717, 1.165) is 19.0 Å². The van der Waals surface area contributed by atoms with Gasteiger partial charge in [0.2, 0.25) is 0 Å². The third-order valence-electron chi connectivity index (χ3n) is 4.83. The van der Waals surface area contributed by atoms with Gasteiger partial charge in [0, 0.05) is 18.1 Å². The van der Waals surface area contributed by atoms with Crippen LogP contribution < -0.4 is 5.32 Å². The number of fused-ring (bicyclic) bond motifs is 1. The van der Waals surface area contributed by atoms with Crippen LogP contribution in [-0.2, 0) is 7.05 Å². The molecule has 0 spiro atoms. The molecule has 0 unspecified atom stereocenters. The summed E-state index contributed by atoms with van der Waals surface area (Å²) in [7, 11) is 2.22. The number of hydrogen-bond donors (Lipinski definition) is 1. The monoisotopic (exact) mass is 256 g/mol. The topological polar surface area (TPSA) is 17.0 Å². The quantitative estimate of drug-likeness (QED) is 0.825. The van der Waals surface area contributed by atoms with Gasteiger partial charge in [-0.2, -0.15) is 0 Å². The molecular formula is C17H24N2. The molecule has 1 aromatic carbocycles. The third-order valence-corrected chi connectivity index (χ3v) is 4.83. The fourth-order valence-electron chi connectivity index (χ4n) is 3.71. The van der Waals surface area contributed by atoms with Gasteiger partial charge in [-0.1, -0.05) is 12.1 Å². The lowest BCUT2D eigenvalue weighted by Crippen LogP contribution is -2.26. The molecule has 0 saturated carbocycles. The van der Waals surface area contributed by atoms with Crippen LogP contribution in [0.25, 0.3) is 10.9 Å². The molecule has 2 nitrogen and oxygen atoms in total. The van der Waals surface area contributed by atoms with Crippen molar-refractivity contribution in [3.05, 3.63) is 34.5 Å². The predicted molar refractivity (Wildman–Crippen MR) is 82.0 cm³/mol. The van der Waals surface area contributed by atoms with E-state index in [4.69, 9.17) is 0 Å². The maximum Gasteiger partial charge on any atom is 0.0515 e. The van der Waals surface area contributed by atoms with E-state index >= 15 is 0 Å². The molecular weight excluding hydrogens is 232 g/mol. The van der Waals surface area contributed by atoms with Crippen LogP contribution in [0.5, 0.6) is 0 Å². The van der Waals surface area contributed by atoms with E-state index in [9.17, 15) is 0 Å². The van der Waals surface area contributed by atoms with Gasteiger partial charge in [-0.25, -0.2) is 0 Å². The minimum absolute atomic E-state index is 0.727. The summed E-state index contributed by atoms with van der Waals surface area (Å²) in [6.07, 6.45) is 2.54. The summed E-state index contributed by atoms with van der Waals surface area (Å²) in [5.41, 5.74) is 7.33. The summed E-state index contributed by atoms with van der Waals surface area (Å²) in [5.74, 6) is 0.727. The van der Waals surface area contributed by atoms with Crippen molar-refractivity contribution in [1.82, 2.24) is 9.88 Å². The van der Waals surface area contributed by atoms with Crippen LogP contribution in [0.15, 0.2) is 12.1 Å². The fourth-order valence-corrected chi connectivity index (χ4v) is 3.71. The number of nitrogens with zero attached hydrogens (tertiary/aromatic N) is 1. The summed E-state index contributed by atoms with van der Waals surface area (Å²) < 4.78 is 2.40. The largest absolute Gasteiger partial charge is 0.347 e. The molecule has 0 bridgehead atoms. The molecule has 0 aliphatic carbocycles. The van der Waals surface area contributed by atoms with Crippen molar-refractivity contribution >= 4 is 10.9 Å². The van der Waals surface area contributed by atoms with Gasteiger partial charge >= 0.3 is 0 Å². The molecule has 1 saturated heterocycles. The Hall–Kier alpha value is -1.28. The fraction of sp³-hybridized carbons (Fsp3) is 0.529. The second kappa shape index (κ2) is 4.68. The number of rotatable bonds is 1. The van der Waals surface area contributed by atoms with Crippen molar-refractivity contribution in [3.63, 3.8) is 0 Å². The Labute approximate surface area is 115 Å². The zero-order chi connectivity index (χ0) is 13.6. The lowest BCUT2D eigenvalue weighted by atomic mass is 9.87. The van der Waals surface area contributed by atoms with Gasteiger partial charge in [0.25, 0.3) is 0 Å². The Morgan fingerprint density at radius 1 is 1.05 bits per heavy atom. The highest BCUT2D eigenvalue weighted by Gasteiger charge is 2.24. The first-order chi connectivity index (χ1) is 9.11. The van der Waals surface area contributed by atoms with Gasteiger partial charge in [0.05, 0.1) is 5.52 Å². The molecule has 19 heavy (non-hydrogen) atoms. The SMILES string of the molecule is Cc1ccc(C)c2c1c(C1CCNCC1)c(C)n2C. The van der Waals surface area contributed by atoms with E-state index in [-0.39, 0.29) is 0 Å². The highest BCUT2D eigenvalue weighted by Crippen LogP contribution is 2.38. The van der Waals surface area contributed by atoms with Crippen molar-refractivity contribution in [2.24, 2.45) is 7.05 Å². The lowest BCUT2D eigenvalue weighted by Gasteiger charge is -2.23. The van der Waals surface area contributed by atoms with Crippen molar-refractivity contribution in [2.45, 2.75) is 39.5 Å². The first kappa shape index (κ1) is 12.7. The van der Waals surface area contributed by atoms with Crippen molar-refractivity contribution in [2.75, 3.05) is 13.1 Å². The average molecular weight is 256 g/mol. The summed E-state index contributed by atoms with van der Waals surface area (Å²) in [6.45, 7) is 9.09. The molecule has 1 aromatic heterocycles. The second-order valence-electron chi connectivity index (χ2n) is 6.01. The molecule has 0 radical (unpaired) electrons. The highest BCUT2D eigenvalue weighted by atomic mass is 15.0. The van der Waals surface area contributed by atoms with E-state index in [1.54, 1.807) is 5.56 Å². The Balaban J connectivity index is 2.28. The van der Waals surface area contributed by atoms with Crippen LogP contribution in [0.3, 0.4) is 0 Å². The van der Waals surface area contributed by atoms with E-state index in [1.807, 2.05) is 0 Å². The Kier molecular flexibility index (Phi) is 3.14. The van der Waals surface area contributed by atoms with Crippen LogP contribution in [0.1, 0.15) is 41.1 Å². The number of nitrogens with one attached hydrogen (secondary N) is 1. The molecule has 1 N–H and O–H groups in total. The lowest BCUT2D eigenvalue weighted by molar-refractivity contribution is 0.460. The molecule has 1 aliphatic heterocycles. The van der Waals surface area contributed by atoms with Gasteiger partial charge in [0.1, 0.15) is 0 Å². The number of hydrogen-bond acceptors (Lipinski definition) is 1. The van der Waals surface area contributed by atoms with Gasteiger partial charge in [-0.05, 0) is 69.3 Å². The maximum absolute atomic E-state index is 3.48. The standard InChI is InChI=1S/C17H24N2/c1-11-5-6-12(2)17-15(11)16(13(3)19(17)4)14-7-9-18-10-8-14/h5-6,14,18H,7-10H2,1-4H3. The van der Waals surface area contributed by atoms with E-state index in [2.05, 4.69) is 49.8 Å². The summed E-state index contributed by atoms with van der Waals surface area (Å²) >= 11 is 0. The van der Waals surface area contributed by atoms with Crippen LogP contribution >= 0.6 is 0 Å². The Bertz CT molecular complexity index is 616. The van der Waals surface area contributed by atoms with Gasteiger partial charge < -0.3 is 9.88 Å². The summed E-state index contributed by atoms with van der Waals surface area (Å²) in [4.78, 5) is 0. The first-order valence-electron chi connectivity index (χ1n) is 7.37. The molecule has 1 aliphatic rings. The molecule has 3 rings (SSSR count). The minimum Gasteiger partial charge on any atom is -0.347 e. The molecule has 0 atom stereocenters. The smallest absolute Gasteiger partial charge is 0.0515 e. The molecule has 2 aromatic rings. The second-order valence-corrected chi connectivity index (χ2v) is 6.01. The Morgan fingerprint density at radius 3 is 2.37 bits per heavy atom. The van der Waals surface area contributed by atoms with E-state index < -0.39 is 0 Å². The third kappa shape index (κ3) is 1.90. The highest BCUT2D eigenvalue weighted by molar-refractivity contribution is 5.91. The predicted octanol–water partition coefficient (Wildman–Crippen LogP) is 3.57. The summed E-state index contributed by atoms with van der Waals surface area (Å²) in [5, 5.41) is 5.00. The van der Waals surface area contributed by atoms with Gasteiger partial charge in [0.15, 0.2) is 0 Å². The van der Waals surface area contributed by atoms with E-state index in [0.29, 0.717) is 0 Å². The van der Waals surface area contributed by atoms with Crippen LogP contribution in [0.4, 0.5) is 0 Å². The average Bonchev–Trinajstić information content (AvgIpc) is 2.69. The Morgan fingerprint density at radius 2 is 1.68 bits per heavy atom. The number of piperidine rings is 1. The zero-order valence-corrected chi connectivity index (χ0v) is 12.5.